The van der Waals surface area contributed by atoms with Gasteiger partial charge in [0.2, 0.25) is 0 Å². The summed E-state index contributed by atoms with van der Waals surface area (Å²) in [7, 11) is 0. The minimum absolute atomic E-state index is 0.0381. The van der Waals surface area contributed by atoms with Crippen molar-refractivity contribution in [1.82, 2.24) is 0 Å². The van der Waals surface area contributed by atoms with Crippen LogP contribution in [0.3, 0.4) is 0 Å². The number of halogens is 2. The lowest BCUT2D eigenvalue weighted by Crippen LogP contribution is -1.99. The van der Waals surface area contributed by atoms with Crippen molar-refractivity contribution in [3.05, 3.63) is 40.2 Å². The third-order valence-electron chi connectivity index (χ3n) is 1.80. The lowest BCUT2D eigenvalue weighted by Gasteiger charge is -2.03. The van der Waals surface area contributed by atoms with Crippen LogP contribution in [0.25, 0.3) is 5.70 Å². The first-order valence-corrected chi connectivity index (χ1v) is 4.26. The van der Waals surface area contributed by atoms with E-state index in [0.717, 1.165) is 0 Å². The third kappa shape index (κ3) is 2.04. The Labute approximate surface area is 86.4 Å². The maximum absolute atomic E-state index is 13.0. The Morgan fingerprint density at radius 2 is 2.21 bits per heavy atom. The van der Waals surface area contributed by atoms with Gasteiger partial charge in [0.15, 0.2) is 0 Å². The van der Waals surface area contributed by atoms with Crippen LogP contribution in [-0.4, -0.2) is 0 Å². The summed E-state index contributed by atoms with van der Waals surface area (Å²) < 4.78 is 13.0. The van der Waals surface area contributed by atoms with Crippen LogP contribution in [-0.2, 0) is 0 Å². The summed E-state index contributed by atoms with van der Waals surface area (Å²) in [6.07, 6.45) is 0. The van der Waals surface area contributed by atoms with Crippen LogP contribution in [0, 0.1) is 17.1 Å². The average Bonchev–Trinajstić information content (AvgIpc) is 2.20. The molecule has 0 amide bonds. The van der Waals surface area contributed by atoms with Gasteiger partial charge in [-0.1, -0.05) is 17.7 Å². The predicted octanol–water partition coefficient (Wildman–Crippen LogP) is 2.69. The maximum atomic E-state index is 13.0. The molecule has 0 aliphatic rings. The van der Waals surface area contributed by atoms with Crippen molar-refractivity contribution in [3.63, 3.8) is 0 Å². The van der Waals surface area contributed by atoms with E-state index in [1.165, 1.54) is 12.1 Å². The van der Waals surface area contributed by atoms with Crippen LogP contribution in [0.15, 0.2) is 23.8 Å². The van der Waals surface area contributed by atoms with Crippen LogP contribution < -0.4 is 5.73 Å². The van der Waals surface area contributed by atoms with Crippen molar-refractivity contribution in [3.8, 4) is 6.07 Å². The van der Waals surface area contributed by atoms with Gasteiger partial charge in [-0.25, -0.2) is 4.39 Å². The van der Waals surface area contributed by atoms with Gasteiger partial charge in [-0.15, -0.1) is 0 Å². The van der Waals surface area contributed by atoms with E-state index in [1.54, 1.807) is 13.0 Å². The second-order valence-corrected chi connectivity index (χ2v) is 3.19. The van der Waals surface area contributed by atoms with E-state index >= 15 is 0 Å². The second kappa shape index (κ2) is 4.12. The Hall–Kier alpha value is -1.53. The molecule has 0 unspecified atom stereocenters. The molecule has 4 heteroatoms. The van der Waals surface area contributed by atoms with Gasteiger partial charge < -0.3 is 5.73 Å². The third-order valence-corrected chi connectivity index (χ3v) is 2.11. The molecule has 0 atom stereocenters. The molecular formula is C10H8ClFN2. The SMILES string of the molecule is C/C(C#N)=C(/N)c1ccc(Cl)c(F)c1. The summed E-state index contributed by atoms with van der Waals surface area (Å²) >= 11 is 5.50. The number of benzene rings is 1. The van der Waals surface area contributed by atoms with E-state index in [1.807, 2.05) is 6.07 Å². The Morgan fingerprint density at radius 1 is 1.57 bits per heavy atom. The highest BCUT2D eigenvalue weighted by atomic mass is 35.5. The molecule has 0 saturated heterocycles. The molecule has 0 saturated carbocycles. The molecule has 0 heterocycles. The number of nitrogens with zero attached hydrogens (tertiary/aromatic N) is 1. The zero-order valence-corrected chi connectivity index (χ0v) is 8.27. The minimum Gasteiger partial charge on any atom is -0.397 e. The fraction of sp³-hybridized carbons (Fsp3) is 0.100. The summed E-state index contributed by atoms with van der Waals surface area (Å²) in [5, 5.41) is 8.62. The van der Waals surface area contributed by atoms with E-state index in [9.17, 15) is 4.39 Å². The lowest BCUT2D eigenvalue weighted by atomic mass is 10.1. The van der Waals surface area contributed by atoms with Crippen molar-refractivity contribution < 1.29 is 4.39 Å². The number of nitrogens with two attached hydrogens (primary N) is 1. The Morgan fingerprint density at radius 3 is 2.71 bits per heavy atom. The molecule has 1 rings (SSSR count). The molecule has 0 aliphatic carbocycles. The van der Waals surface area contributed by atoms with Gasteiger partial charge >= 0.3 is 0 Å². The van der Waals surface area contributed by atoms with Gasteiger partial charge in [-0.05, 0) is 19.1 Å². The molecule has 2 N–H and O–H groups in total. The largest absolute Gasteiger partial charge is 0.397 e. The fourth-order valence-corrected chi connectivity index (χ4v) is 1.06. The maximum Gasteiger partial charge on any atom is 0.142 e. The van der Waals surface area contributed by atoms with Gasteiger partial charge in [0, 0.05) is 11.1 Å². The van der Waals surface area contributed by atoms with E-state index < -0.39 is 5.82 Å². The standard InChI is InChI=1S/C10H8ClFN2/c1-6(5-13)10(14)7-2-3-8(11)9(12)4-7/h2-4H,14H2,1H3/b10-6-. The molecule has 14 heavy (non-hydrogen) atoms. The van der Waals surface area contributed by atoms with Crippen LogP contribution in [0.1, 0.15) is 12.5 Å². The number of hydrogen-bond acceptors (Lipinski definition) is 2. The van der Waals surface area contributed by atoms with E-state index in [4.69, 9.17) is 22.6 Å². The average molecular weight is 211 g/mol. The molecule has 0 aromatic heterocycles. The van der Waals surface area contributed by atoms with Crippen molar-refractivity contribution in [1.29, 1.82) is 5.26 Å². The van der Waals surface area contributed by atoms with Crippen molar-refractivity contribution in [2.45, 2.75) is 6.92 Å². The first-order valence-electron chi connectivity index (χ1n) is 3.88. The van der Waals surface area contributed by atoms with E-state index in [-0.39, 0.29) is 10.7 Å². The Kier molecular flexibility index (Phi) is 3.10. The highest BCUT2D eigenvalue weighted by Gasteiger charge is 2.05. The summed E-state index contributed by atoms with van der Waals surface area (Å²) in [5.74, 6) is -0.544. The molecular weight excluding hydrogens is 203 g/mol. The van der Waals surface area contributed by atoms with Crippen LogP contribution in [0.4, 0.5) is 4.39 Å². The van der Waals surface area contributed by atoms with E-state index in [2.05, 4.69) is 0 Å². The summed E-state index contributed by atoms with van der Waals surface area (Å²) in [5.41, 5.74) is 6.70. The molecule has 2 nitrogen and oxygen atoms in total. The highest BCUT2D eigenvalue weighted by molar-refractivity contribution is 6.30. The molecule has 0 radical (unpaired) electrons. The molecule has 1 aromatic rings. The first-order chi connectivity index (χ1) is 6.56. The van der Waals surface area contributed by atoms with Crippen molar-refractivity contribution in [2.24, 2.45) is 5.73 Å². The minimum atomic E-state index is -0.544. The lowest BCUT2D eigenvalue weighted by molar-refractivity contribution is 0.628. The van der Waals surface area contributed by atoms with Gasteiger partial charge in [-0.2, -0.15) is 5.26 Å². The molecule has 0 bridgehead atoms. The van der Waals surface area contributed by atoms with Crippen molar-refractivity contribution in [2.75, 3.05) is 0 Å². The molecule has 0 fully saturated rings. The van der Waals surface area contributed by atoms with Crippen LogP contribution >= 0.6 is 11.6 Å². The predicted molar refractivity (Wildman–Crippen MR) is 53.8 cm³/mol. The van der Waals surface area contributed by atoms with E-state index in [0.29, 0.717) is 11.1 Å². The summed E-state index contributed by atoms with van der Waals surface area (Å²) in [6, 6.07) is 6.08. The quantitative estimate of drug-likeness (QED) is 0.725. The van der Waals surface area contributed by atoms with Gasteiger partial charge in [-0.3, -0.25) is 0 Å². The number of hydrogen-bond donors (Lipinski definition) is 1. The monoisotopic (exact) mass is 210 g/mol. The second-order valence-electron chi connectivity index (χ2n) is 2.78. The fourth-order valence-electron chi connectivity index (χ4n) is 0.940. The summed E-state index contributed by atoms with van der Waals surface area (Å²) in [4.78, 5) is 0. The molecule has 0 aliphatic heterocycles. The number of allylic oxidation sites excluding steroid dienone is 1. The Balaban J connectivity index is 3.24. The highest BCUT2D eigenvalue weighted by Crippen LogP contribution is 2.20. The van der Waals surface area contributed by atoms with Gasteiger partial charge in [0.25, 0.3) is 0 Å². The normalized spacial score (nSPS) is 11.9. The smallest absolute Gasteiger partial charge is 0.142 e. The zero-order chi connectivity index (χ0) is 10.7. The van der Waals surface area contributed by atoms with Gasteiger partial charge in [0.1, 0.15) is 5.82 Å². The molecule has 72 valence electrons. The zero-order valence-electron chi connectivity index (χ0n) is 7.51. The van der Waals surface area contributed by atoms with Crippen LogP contribution in [0.2, 0.25) is 5.02 Å². The van der Waals surface area contributed by atoms with Gasteiger partial charge in [0.05, 0.1) is 16.8 Å². The first kappa shape index (κ1) is 10.6. The van der Waals surface area contributed by atoms with Crippen molar-refractivity contribution >= 4 is 17.3 Å². The molecule has 0 spiro atoms. The number of rotatable bonds is 1. The topological polar surface area (TPSA) is 49.8 Å². The summed E-state index contributed by atoms with van der Waals surface area (Å²) in [6.45, 7) is 1.57. The van der Waals surface area contributed by atoms with Crippen LogP contribution in [0.5, 0.6) is 0 Å². The molecule has 1 aromatic carbocycles. The Bertz CT molecular complexity index is 432. The number of nitriles is 1.